The highest BCUT2D eigenvalue weighted by molar-refractivity contribution is 7.91. The van der Waals surface area contributed by atoms with Crippen LogP contribution in [0.2, 0.25) is 4.34 Å². The molecule has 2 heterocycles. The molecule has 1 aromatic heterocycles. The predicted molar refractivity (Wildman–Crippen MR) is 97.0 cm³/mol. The van der Waals surface area contributed by atoms with Crippen molar-refractivity contribution in [3.05, 3.63) is 46.3 Å². The Balaban J connectivity index is 1.68. The standard InChI is InChI=1S/C16H17ClN2O4S2/c1-23-13-4-2-3-12(11-13)16(20)18-7-9-19(10-8-18)25(21,22)15-6-5-14(17)24-15/h2-6,11H,7-10H2,1H3. The van der Waals surface area contributed by atoms with E-state index in [4.69, 9.17) is 16.3 Å². The zero-order chi connectivity index (χ0) is 18.0. The first-order chi connectivity index (χ1) is 11.9. The van der Waals surface area contributed by atoms with E-state index in [1.165, 1.54) is 10.4 Å². The molecule has 2 aromatic rings. The first-order valence-corrected chi connectivity index (χ1v) is 10.2. The summed E-state index contributed by atoms with van der Waals surface area (Å²) in [5.41, 5.74) is 0.528. The number of sulfonamides is 1. The largest absolute Gasteiger partial charge is 0.497 e. The molecule has 0 aliphatic carbocycles. The van der Waals surface area contributed by atoms with Gasteiger partial charge in [0, 0.05) is 31.7 Å². The number of carbonyl (C=O) groups excluding carboxylic acids is 1. The van der Waals surface area contributed by atoms with Crippen LogP contribution in [0.5, 0.6) is 5.75 Å². The van der Waals surface area contributed by atoms with Crippen LogP contribution in [0.3, 0.4) is 0 Å². The summed E-state index contributed by atoms with van der Waals surface area (Å²) < 4.78 is 32.4. The van der Waals surface area contributed by atoms with Gasteiger partial charge in [-0.3, -0.25) is 4.79 Å². The first-order valence-electron chi connectivity index (χ1n) is 7.60. The van der Waals surface area contributed by atoms with Gasteiger partial charge in [0.25, 0.3) is 15.9 Å². The van der Waals surface area contributed by atoms with Crippen molar-refractivity contribution in [2.75, 3.05) is 33.3 Å². The van der Waals surface area contributed by atoms with Gasteiger partial charge in [-0.25, -0.2) is 8.42 Å². The Morgan fingerprint density at radius 1 is 1.16 bits per heavy atom. The number of ether oxygens (including phenoxy) is 1. The van der Waals surface area contributed by atoms with E-state index >= 15 is 0 Å². The van der Waals surface area contributed by atoms with Crippen LogP contribution in [0, 0.1) is 0 Å². The van der Waals surface area contributed by atoms with Gasteiger partial charge in [0.05, 0.1) is 11.4 Å². The van der Waals surface area contributed by atoms with Crippen molar-refractivity contribution in [2.24, 2.45) is 0 Å². The van der Waals surface area contributed by atoms with E-state index in [1.54, 1.807) is 42.3 Å². The van der Waals surface area contributed by atoms with Crippen LogP contribution in [-0.4, -0.2) is 56.8 Å². The van der Waals surface area contributed by atoms with Crippen molar-refractivity contribution in [3.8, 4) is 5.75 Å². The summed E-state index contributed by atoms with van der Waals surface area (Å²) in [7, 11) is -2.01. The maximum atomic E-state index is 12.6. The number of amides is 1. The van der Waals surface area contributed by atoms with Crippen LogP contribution in [-0.2, 0) is 10.0 Å². The van der Waals surface area contributed by atoms with Crippen molar-refractivity contribution < 1.29 is 17.9 Å². The van der Waals surface area contributed by atoms with Crippen molar-refractivity contribution in [1.82, 2.24) is 9.21 Å². The van der Waals surface area contributed by atoms with Gasteiger partial charge in [0.15, 0.2) is 0 Å². The van der Waals surface area contributed by atoms with Gasteiger partial charge >= 0.3 is 0 Å². The summed E-state index contributed by atoms with van der Waals surface area (Å²) in [5.74, 6) is 0.483. The Morgan fingerprint density at radius 2 is 1.88 bits per heavy atom. The Labute approximate surface area is 155 Å². The molecule has 1 fully saturated rings. The molecule has 3 rings (SSSR count). The lowest BCUT2D eigenvalue weighted by atomic mass is 10.1. The normalized spacial score (nSPS) is 16.0. The minimum atomic E-state index is -3.56. The first kappa shape index (κ1) is 18.2. The number of thiophene rings is 1. The second kappa shape index (κ2) is 7.33. The molecule has 0 radical (unpaired) electrons. The lowest BCUT2D eigenvalue weighted by Gasteiger charge is -2.33. The maximum absolute atomic E-state index is 12.6. The summed E-state index contributed by atoms with van der Waals surface area (Å²) >= 11 is 6.87. The van der Waals surface area contributed by atoms with E-state index < -0.39 is 10.0 Å². The van der Waals surface area contributed by atoms with Crippen LogP contribution in [0.4, 0.5) is 0 Å². The second-order valence-corrected chi connectivity index (χ2v) is 9.37. The van der Waals surface area contributed by atoms with Gasteiger partial charge in [0.1, 0.15) is 9.96 Å². The topological polar surface area (TPSA) is 66.9 Å². The Hall–Kier alpha value is -1.61. The molecule has 6 nitrogen and oxygen atoms in total. The van der Waals surface area contributed by atoms with Gasteiger partial charge in [-0.1, -0.05) is 17.7 Å². The van der Waals surface area contributed by atoms with Crippen molar-refractivity contribution in [1.29, 1.82) is 0 Å². The van der Waals surface area contributed by atoms with E-state index in [9.17, 15) is 13.2 Å². The molecule has 0 atom stereocenters. The smallest absolute Gasteiger partial charge is 0.254 e. The van der Waals surface area contributed by atoms with Crippen molar-refractivity contribution >= 4 is 38.9 Å². The average molecular weight is 401 g/mol. The van der Waals surface area contributed by atoms with Crippen molar-refractivity contribution in [2.45, 2.75) is 4.21 Å². The number of rotatable bonds is 4. The molecule has 0 spiro atoms. The minimum Gasteiger partial charge on any atom is -0.497 e. The third-order valence-electron chi connectivity index (χ3n) is 3.99. The SMILES string of the molecule is COc1cccc(C(=O)N2CCN(S(=O)(=O)c3ccc(Cl)s3)CC2)c1. The fraction of sp³-hybridized carbons (Fsp3) is 0.312. The molecule has 0 unspecified atom stereocenters. The summed E-state index contributed by atoms with van der Waals surface area (Å²) in [5, 5.41) is 0. The summed E-state index contributed by atoms with van der Waals surface area (Å²) in [4.78, 5) is 14.2. The Bertz CT molecular complexity index is 874. The molecule has 0 saturated carbocycles. The van der Waals surface area contributed by atoms with E-state index in [0.717, 1.165) is 11.3 Å². The number of halogens is 1. The molecule has 0 bridgehead atoms. The predicted octanol–water partition coefficient (Wildman–Crippen LogP) is 2.56. The number of nitrogens with zero attached hydrogens (tertiary/aromatic N) is 2. The molecular formula is C16H17ClN2O4S2. The maximum Gasteiger partial charge on any atom is 0.254 e. The fourth-order valence-corrected chi connectivity index (χ4v) is 5.69. The number of carbonyl (C=O) groups is 1. The number of hydrogen-bond acceptors (Lipinski definition) is 5. The zero-order valence-corrected chi connectivity index (χ0v) is 15.9. The van der Waals surface area contributed by atoms with Gasteiger partial charge in [-0.05, 0) is 30.3 Å². The lowest BCUT2D eigenvalue weighted by molar-refractivity contribution is 0.0697. The lowest BCUT2D eigenvalue weighted by Crippen LogP contribution is -2.50. The van der Waals surface area contributed by atoms with Crippen LogP contribution in [0.1, 0.15) is 10.4 Å². The molecule has 9 heteroatoms. The van der Waals surface area contributed by atoms with Gasteiger partial charge < -0.3 is 9.64 Å². The highest BCUT2D eigenvalue weighted by Gasteiger charge is 2.31. The Kier molecular flexibility index (Phi) is 5.33. The number of benzene rings is 1. The molecule has 0 N–H and O–H groups in total. The summed E-state index contributed by atoms with van der Waals surface area (Å²) in [6, 6.07) is 10.0. The monoisotopic (exact) mass is 400 g/mol. The van der Waals surface area contributed by atoms with E-state index in [0.29, 0.717) is 28.7 Å². The Morgan fingerprint density at radius 3 is 2.48 bits per heavy atom. The zero-order valence-electron chi connectivity index (χ0n) is 13.5. The third-order valence-corrected chi connectivity index (χ3v) is 7.58. The molecule has 1 aliphatic rings. The number of methoxy groups -OCH3 is 1. The molecule has 1 amide bonds. The summed E-state index contributed by atoms with van der Waals surface area (Å²) in [6.07, 6.45) is 0. The molecule has 134 valence electrons. The van der Waals surface area contributed by atoms with E-state index in [1.807, 2.05) is 0 Å². The quantitative estimate of drug-likeness (QED) is 0.791. The van der Waals surface area contributed by atoms with Gasteiger partial charge in [-0.15, -0.1) is 11.3 Å². The summed E-state index contributed by atoms with van der Waals surface area (Å²) in [6.45, 7) is 1.20. The molecule has 25 heavy (non-hydrogen) atoms. The minimum absolute atomic E-state index is 0.130. The van der Waals surface area contributed by atoms with Crippen LogP contribution < -0.4 is 4.74 Å². The third kappa shape index (κ3) is 3.82. The van der Waals surface area contributed by atoms with E-state index in [2.05, 4.69) is 0 Å². The fourth-order valence-electron chi connectivity index (χ4n) is 2.63. The van der Waals surface area contributed by atoms with Crippen LogP contribution in [0.25, 0.3) is 0 Å². The molecule has 1 saturated heterocycles. The second-order valence-electron chi connectivity index (χ2n) is 5.49. The van der Waals surface area contributed by atoms with Gasteiger partial charge in [0.2, 0.25) is 0 Å². The number of hydrogen-bond donors (Lipinski definition) is 0. The van der Waals surface area contributed by atoms with E-state index in [-0.39, 0.29) is 23.2 Å². The average Bonchev–Trinajstić information content (AvgIpc) is 3.08. The number of piperazine rings is 1. The van der Waals surface area contributed by atoms with Crippen LogP contribution in [0.15, 0.2) is 40.6 Å². The van der Waals surface area contributed by atoms with Crippen molar-refractivity contribution in [3.63, 3.8) is 0 Å². The highest BCUT2D eigenvalue weighted by atomic mass is 35.5. The van der Waals surface area contributed by atoms with Crippen LogP contribution >= 0.6 is 22.9 Å². The van der Waals surface area contributed by atoms with Gasteiger partial charge in [-0.2, -0.15) is 4.31 Å². The highest BCUT2D eigenvalue weighted by Crippen LogP contribution is 2.28. The molecule has 1 aliphatic heterocycles. The molecule has 1 aromatic carbocycles. The molecular weight excluding hydrogens is 384 g/mol.